The topological polar surface area (TPSA) is 28.2 Å². The maximum atomic E-state index is 4.44. The van der Waals surface area contributed by atoms with Crippen LogP contribution in [0.15, 0.2) is 11.6 Å². The number of rotatable bonds is 5. The van der Waals surface area contributed by atoms with Crippen molar-refractivity contribution in [1.29, 1.82) is 0 Å². The normalized spacial score (nSPS) is 27.3. The maximum absolute atomic E-state index is 4.44. The molecule has 1 aromatic rings. The predicted molar refractivity (Wildman–Crippen MR) is 76.1 cm³/mol. The number of hydrogen-bond donors (Lipinski definition) is 1. The minimum atomic E-state index is 0.574. The summed E-state index contributed by atoms with van der Waals surface area (Å²) in [7, 11) is 0. The molecule has 100 valence electrons. The SMILES string of the molecule is CC(CN1CCCC(NC2CC2)C1)c1nccs1. The minimum absolute atomic E-state index is 0.574. The molecular formula is C14H23N3S. The van der Waals surface area contributed by atoms with Gasteiger partial charge in [-0.15, -0.1) is 11.3 Å². The molecule has 1 aromatic heterocycles. The molecule has 1 saturated heterocycles. The second kappa shape index (κ2) is 5.68. The lowest BCUT2D eigenvalue weighted by molar-refractivity contribution is 0.182. The third-order valence-electron chi connectivity index (χ3n) is 3.96. The monoisotopic (exact) mass is 265 g/mol. The van der Waals surface area contributed by atoms with Crippen molar-refractivity contribution in [3.8, 4) is 0 Å². The van der Waals surface area contributed by atoms with Gasteiger partial charge in [-0.25, -0.2) is 4.98 Å². The Labute approximate surface area is 114 Å². The van der Waals surface area contributed by atoms with Gasteiger partial charge in [0.25, 0.3) is 0 Å². The number of nitrogens with zero attached hydrogens (tertiary/aromatic N) is 2. The highest BCUT2D eigenvalue weighted by Gasteiger charge is 2.28. The van der Waals surface area contributed by atoms with Gasteiger partial charge in [0, 0.05) is 42.7 Å². The maximum Gasteiger partial charge on any atom is 0.0965 e. The van der Waals surface area contributed by atoms with Gasteiger partial charge in [-0.05, 0) is 32.2 Å². The Hall–Kier alpha value is -0.450. The Kier molecular flexibility index (Phi) is 3.97. The number of piperidine rings is 1. The number of nitrogens with one attached hydrogen (secondary N) is 1. The fourth-order valence-corrected chi connectivity index (χ4v) is 3.57. The van der Waals surface area contributed by atoms with E-state index in [0.29, 0.717) is 5.92 Å². The van der Waals surface area contributed by atoms with Crippen LogP contribution < -0.4 is 5.32 Å². The van der Waals surface area contributed by atoms with Gasteiger partial charge < -0.3 is 10.2 Å². The molecule has 2 aliphatic rings. The molecule has 2 fully saturated rings. The van der Waals surface area contributed by atoms with E-state index in [1.807, 2.05) is 6.20 Å². The zero-order chi connectivity index (χ0) is 12.4. The first-order valence-corrected chi connectivity index (χ1v) is 8.07. The fourth-order valence-electron chi connectivity index (χ4n) is 2.88. The largest absolute Gasteiger partial charge is 0.310 e. The summed E-state index contributed by atoms with van der Waals surface area (Å²) in [6.07, 6.45) is 7.41. The summed E-state index contributed by atoms with van der Waals surface area (Å²) in [5, 5.41) is 7.14. The van der Waals surface area contributed by atoms with Crippen molar-refractivity contribution >= 4 is 11.3 Å². The molecule has 2 atom stereocenters. The number of likely N-dealkylation sites (tertiary alicyclic amines) is 1. The van der Waals surface area contributed by atoms with Crippen molar-refractivity contribution < 1.29 is 0 Å². The van der Waals surface area contributed by atoms with Crippen LogP contribution in [0.3, 0.4) is 0 Å². The van der Waals surface area contributed by atoms with Crippen LogP contribution in [-0.4, -0.2) is 41.6 Å². The average Bonchev–Trinajstić information content (AvgIpc) is 3.00. The molecule has 2 unspecified atom stereocenters. The highest BCUT2D eigenvalue weighted by molar-refractivity contribution is 7.09. The van der Waals surface area contributed by atoms with Gasteiger partial charge >= 0.3 is 0 Å². The molecule has 3 nitrogen and oxygen atoms in total. The molecular weight excluding hydrogens is 242 g/mol. The van der Waals surface area contributed by atoms with Crippen molar-refractivity contribution in [1.82, 2.24) is 15.2 Å². The van der Waals surface area contributed by atoms with E-state index in [-0.39, 0.29) is 0 Å². The van der Waals surface area contributed by atoms with E-state index in [9.17, 15) is 0 Å². The highest BCUT2D eigenvalue weighted by atomic mass is 32.1. The average molecular weight is 265 g/mol. The molecule has 0 spiro atoms. The van der Waals surface area contributed by atoms with E-state index in [1.54, 1.807) is 11.3 Å². The van der Waals surface area contributed by atoms with E-state index in [1.165, 1.54) is 43.8 Å². The van der Waals surface area contributed by atoms with Crippen molar-refractivity contribution in [2.45, 2.75) is 50.6 Å². The van der Waals surface area contributed by atoms with Crippen LogP contribution in [0.4, 0.5) is 0 Å². The summed E-state index contributed by atoms with van der Waals surface area (Å²) >= 11 is 1.79. The van der Waals surface area contributed by atoms with Crippen LogP contribution in [0, 0.1) is 0 Å². The fraction of sp³-hybridized carbons (Fsp3) is 0.786. The molecule has 0 radical (unpaired) electrons. The molecule has 0 amide bonds. The minimum Gasteiger partial charge on any atom is -0.310 e. The second-order valence-corrected chi connectivity index (χ2v) is 6.74. The quantitative estimate of drug-likeness (QED) is 0.886. The molecule has 1 saturated carbocycles. The Morgan fingerprint density at radius 1 is 1.44 bits per heavy atom. The van der Waals surface area contributed by atoms with E-state index in [4.69, 9.17) is 0 Å². The van der Waals surface area contributed by atoms with Gasteiger partial charge in [0.05, 0.1) is 5.01 Å². The Bertz CT molecular complexity index is 361. The number of hydrogen-bond acceptors (Lipinski definition) is 4. The summed E-state index contributed by atoms with van der Waals surface area (Å²) in [6, 6.07) is 1.57. The van der Waals surface area contributed by atoms with Crippen molar-refractivity contribution in [3.63, 3.8) is 0 Å². The van der Waals surface area contributed by atoms with E-state index < -0.39 is 0 Å². The smallest absolute Gasteiger partial charge is 0.0965 e. The van der Waals surface area contributed by atoms with Gasteiger partial charge in [-0.3, -0.25) is 0 Å². The van der Waals surface area contributed by atoms with E-state index in [2.05, 4.69) is 27.5 Å². The lowest BCUT2D eigenvalue weighted by atomic mass is 10.0. The van der Waals surface area contributed by atoms with Crippen molar-refractivity contribution in [3.05, 3.63) is 16.6 Å². The van der Waals surface area contributed by atoms with E-state index in [0.717, 1.165) is 18.6 Å². The first-order chi connectivity index (χ1) is 8.81. The third-order valence-corrected chi connectivity index (χ3v) is 4.97. The van der Waals surface area contributed by atoms with Crippen LogP contribution in [-0.2, 0) is 0 Å². The van der Waals surface area contributed by atoms with Crippen molar-refractivity contribution in [2.24, 2.45) is 0 Å². The molecule has 1 N–H and O–H groups in total. The Morgan fingerprint density at radius 2 is 2.33 bits per heavy atom. The molecule has 2 heterocycles. The van der Waals surface area contributed by atoms with Crippen LogP contribution >= 0.6 is 11.3 Å². The second-order valence-electron chi connectivity index (χ2n) is 5.81. The van der Waals surface area contributed by atoms with Gasteiger partial charge in [-0.2, -0.15) is 0 Å². The van der Waals surface area contributed by atoms with Crippen LogP contribution in [0.2, 0.25) is 0 Å². The zero-order valence-corrected chi connectivity index (χ0v) is 12.0. The summed E-state index contributed by atoms with van der Waals surface area (Å²) in [6.45, 7) is 5.96. The molecule has 3 rings (SSSR count). The number of thiazole rings is 1. The van der Waals surface area contributed by atoms with Gasteiger partial charge in [0.15, 0.2) is 0 Å². The molecule has 0 bridgehead atoms. The lowest BCUT2D eigenvalue weighted by Crippen LogP contribution is -2.47. The molecule has 1 aliphatic heterocycles. The standard InChI is InChI=1S/C14H23N3S/c1-11(14-15-6-8-18-14)9-17-7-2-3-13(10-17)16-12-4-5-12/h6,8,11-13,16H,2-5,7,9-10H2,1H3. The van der Waals surface area contributed by atoms with Crippen LogP contribution in [0.25, 0.3) is 0 Å². The lowest BCUT2D eigenvalue weighted by Gasteiger charge is -2.34. The summed E-state index contributed by atoms with van der Waals surface area (Å²) in [5.74, 6) is 0.574. The molecule has 4 heteroatoms. The third kappa shape index (κ3) is 3.31. The van der Waals surface area contributed by atoms with Gasteiger partial charge in [-0.1, -0.05) is 6.92 Å². The molecule has 0 aromatic carbocycles. The molecule has 1 aliphatic carbocycles. The first kappa shape index (κ1) is 12.6. The summed E-state index contributed by atoms with van der Waals surface area (Å²) < 4.78 is 0. The van der Waals surface area contributed by atoms with Crippen LogP contribution in [0.1, 0.15) is 43.5 Å². The Morgan fingerprint density at radius 3 is 3.06 bits per heavy atom. The first-order valence-electron chi connectivity index (χ1n) is 7.19. The highest BCUT2D eigenvalue weighted by Crippen LogP contribution is 2.24. The summed E-state index contributed by atoms with van der Waals surface area (Å²) in [4.78, 5) is 7.06. The Balaban J connectivity index is 1.49. The van der Waals surface area contributed by atoms with Crippen LogP contribution in [0.5, 0.6) is 0 Å². The molecule has 18 heavy (non-hydrogen) atoms. The van der Waals surface area contributed by atoms with E-state index >= 15 is 0 Å². The zero-order valence-electron chi connectivity index (χ0n) is 11.1. The predicted octanol–water partition coefficient (Wildman–Crippen LogP) is 2.46. The van der Waals surface area contributed by atoms with Gasteiger partial charge in [0.2, 0.25) is 0 Å². The van der Waals surface area contributed by atoms with Gasteiger partial charge in [0.1, 0.15) is 0 Å². The van der Waals surface area contributed by atoms with Crippen molar-refractivity contribution in [2.75, 3.05) is 19.6 Å². The summed E-state index contributed by atoms with van der Waals surface area (Å²) in [5.41, 5.74) is 0. The number of aromatic nitrogens is 1.